The van der Waals surface area contributed by atoms with Crippen molar-refractivity contribution in [1.82, 2.24) is 29.7 Å². The van der Waals surface area contributed by atoms with Crippen LogP contribution in [0, 0.1) is 0 Å². The van der Waals surface area contributed by atoms with Crippen molar-refractivity contribution >= 4 is 12.2 Å². The number of alkyl carbamates (subject to hydrolysis) is 2. The van der Waals surface area contributed by atoms with Crippen molar-refractivity contribution in [3.63, 3.8) is 0 Å². The van der Waals surface area contributed by atoms with E-state index in [9.17, 15) is 9.59 Å². The summed E-state index contributed by atoms with van der Waals surface area (Å²) in [6.07, 6.45) is 10.8. The van der Waals surface area contributed by atoms with Crippen molar-refractivity contribution in [2.75, 3.05) is 13.1 Å². The zero-order chi connectivity index (χ0) is 24.7. The second-order valence-corrected chi connectivity index (χ2v) is 9.15. The molecule has 4 heterocycles. The summed E-state index contributed by atoms with van der Waals surface area (Å²) < 4.78 is 15.1. The average molecular weight is 493 g/mol. The van der Waals surface area contributed by atoms with Crippen molar-refractivity contribution in [3.05, 3.63) is 71.8 Å². The molecule has 0 aliphatic carbocycles. The number of fused-ring (bicyclic) bond motifs is 2. The Bertz CT molecular complexity index is 1100. The lowest BCUT2D eigenvalue weighted by Crippen LogP contribution is -2.27. The third-order valence-corrected chi connectivity index (χ3v) is 6.74. The van der Waals surface area contributed by atoms with Crippen LogP contribution in [0.4, 0.5) is 9.59 Å². The number of rotatable bonds is 10. The lowest BCUT2D eigenvalue weighted by atomic mass is 9.99. The molecule has 2 N–H and O–H groups in total. The van der Waals surface area contributed by atoms with E-state index in [0.29, 0.717) is 13.1 Å². The topological polar surface area (TPSA) is 112 Å². The van der Waals surface area contributed by atoms with Gasteiger partial charge in [0.25, 0.3) is 0 Å². The molecule has 5 rings (SSSR count). The van der Waals surface area contributed by atoms with Gasteiger partial charge in [-0.3, -0.25) is 0 Å². The minimum Gasteiger partial charge on any atom is -0.438 e. The molecule has 2 aliphatic heterocycles. The fourth-order valence-corrected chi connectivity index (χ4v) is 4.92. The maximum atomic E-state index is 12.2. The number of aromatic nitrogens is 4. The standard InChI is InChI=1S/C26H32N6O4/c33-25(35-21-9-15-31-17-13-27-23(21)31)29-11-3-7-19-5-1-2-6-20(19)8-4-12-30-26(34)36-22-10-16-32-18-14-28-24(22)32/h1-2,5-6,13-14,17-18,21-22H,3-4,7-12,15-16H2,(H,29,33)(H,30,34). The highest BCUT2D eigenvalue weighted by Crippen LogP contribution is 2.28. The highest BCUT2D eigenvalue weighted by Gasteiger charge is 2.27. The Hall–Kier alpha value is -3.82. The molecule has 2 aromatic heterocycles. The molecule has 0 saturated heterocycles. The van der Waals surface area contributed by atoms with Gasteiger partial charge in [-0.1, -0.05) is 24.3 Å². The Balaban J connectivity index is 0.984. The van der Waals surface area contributed by atoms with Gasteiger partial charge in [0.1, 0.15) is 11.6 Å². The molecular formula is C26H32N6O4. The molecule has 36 heavy (non-hydrogen) atoms. The van der Waals surface area contributed by atoms with Crippen molar-refractivity contribution in [2.45, 2.75) is 63.8 Å². The van der Waals surface area contributed by atoms with E-state index >= 15 is 0 Å². The fourth-order valence-electron chi connectivity index (χ4n) is 4.92. The number of ether oxygens (including phenoxy) is 2. The summed E-state index contributed by atoms with van der Waals surface area (Å²) in [4.78, 5) is 32.9. The number of nitrogens with zero attached hydrogens (tertiary/aromatic N) is 4. The molecule has 2 unspecified atom stereocenters. The van der Waals surface area contributed by atoms with Crippen molar-refractivity contribution in [2.24, 2.45) is 0 Å². The Morgan fingerprint density at radius 1 is 0.806 bits per heavy atom. The van der Waals surface area contributed by atoms with E-state index in [4.69, 9.17) is 9.47 Å². The van der Waals surface area contributed by atoms with Crippen LogP contribution in [0.15, 0.2) is 49.1 Å². The van der Waals surface area contributed by atoms with Gasteiger partial charge in [0.2, 0.25) is 0 Å². The molecule has 0 fully saturated rings. The highest BCUT2D eigenvalue weighted by atomic mass is 16.6. The maximum absolute atomic E-state index is 12.2. The number of aryl methyl sites for hydroxylation is 4. The largest absolute Gasteiger partial charge is 0.438 e. The van der Waals surface area contributed by atoms with E-state index in [1.54, 1.807) is 12.4 Å². The normalized spacial score (nSPS) is 17.9. The van der Waals surface area contributed by atoms with Gasteiger partial charge in [-0.25, -0.2) is 19.6 Å². The molecule has 0 saturated carbocycles. The first-order chi connectivity index (χ1) is 17.7. The predicted molar refractivity (Wildman–Crippen MR) is 131 cm³/mol. The quantitative estimate of drug-likeness (QED) is 0.418. The summed E-state index contributed by atoms with van der Waals surface area (Å²) in [5, 5.41) is 5.71. The molecule has 190 valence electrons. The zero-order valence-corrected chi connectivity index (χ0v) is 20.3. The lowest BCUT2D eigenvalue weighted by molar-refractivity contribution is 0.0954. The summed E-state index contributed by atoms with van der Waals surface area (Å²) in [6, 6.07) is 8.31. The third-order valence-electron chi connectivity index (χ3n) is 6.74. The number of carbonyl (C=O) groups is 2. The minimum absolute atomic E-state index is 0.270. The first kappa shape index (κ1) is 23.9. The zero-order valence-electron chi connectivity index (χ0n) is 20.3. The first-order valence-corrected chi connectivity index (χ1v) is 12.6. The van der Waals surface area contributed by atoms with Gasteiger partial charge in [-0.15, -0.1) is 0 Å². The first-order valence-electron chi connectivity index (χ1n) is 12.6. The molecule has 2 atom stereocenters. The van der Waals surface area contributed by atoms with Gasteiger partial charge in [0, 0.05) is 63.8 Å². The predicted octanol–water partition coefficient (Wildman–Crippen LogP) is 3.69. The monoisotopic (exact) mass is 492 g/mol. The van der Waals surface area contributed by atoms with Crippen LogP contribution in [0.25, 0.3) is 0 Å². The van der Waals surface area contributed by atoms with Gasteiger partial charge < -0.3 is 29.2 Å². The van der Waals surface area contributed by atoms with Gasteiger partial charge in [0.05, 0.1) is 0 Å². The number of carbonyl (C=O) groups excluding carboxylic acids is 2. The van der Waals surface area contributed by atoms with E-state index in [1.807, 2.05) is 33.7 Å². The van der Waals surface area contributed by atoms with E-state index < -0.39 is 12.2 Å². The van der Waals surface area contributed by atoms with Crippen LogP contribution < -0.4 is 10.6 Å². The maximum Gasteiger partial charge on any atom is 0.407 e. The molecule has 3 aromatic rings. The number of nitrogens with one attached hydrogen (secondary N) is 2. The van der Waals surface area contributed by atoms with Gasteiger partial charge in [-0.2, -0.15) is 0 Å². The summed E-state index contributed by atoms with van der Waals surface area (Å²) in [7, 11) is 0. The summed E-state index contributed by atoms with van der Waals surface area (Å²) in [6.45, 7) is 2.74. The number of amides is 2. The number of hydrogen-bond donors (Lipinski definition) is 2. The molecule has 0 radical (unpaired) electrons. The Morgan fingerprint density at radius 3 is 1.75 bits per heavy atom. The Labute approximate surface area is 210 Å². The van der Waals surface area contributed by atoms with Gasteiger partial charge in [0.15, 0.2) is 12.2 Å². The van der Waals surface area contributed by atoms with Crippen LogP contribution in [0.1, 0.15) is 60.7 Å². The van der Waals surface area contributed by atoms with E-state index in [2.05, 4.69) is 32.7 Å². The van der Waals surface area contributed by atoms with Crippen LogP contribution in [0.3, 0.4) is 0 Å². The summed E-state index contributed by atoms with van der Waals surface area (Å²) in [5.74, 6) is 1.63. The van der Waals surface area contributed by atoms with Gasteiger partial charge >= 0.3 is 12.2 Å². The second kappa shape index (κ2) is 11.3. The second-order valence-electron chi connectivity index (χ2n) is 9.15. The number of benzene rings is 1. The van der Waals surface area contributed by atoms with Crippen molar-refractivity contribution in [3.8, 4) is 0 Å². The summed E-state index contributed by atoms with van der Waals surface area (Å²) >= 11 is 0. The fraction of sp³-hybridized carbons (Fsp3) is 0.462. The minimum atomic E-state index is -0.399. The Kier molecular flexibility index (Phi) is 7.49. The van der Waals surface area contributed by atoms with Crippen LogP contribution in [0.5, 0.6) is 0 Å². The van der Waals surface area contributed by atoms with E-state index in [0.717, 1.165) is 63.3 Å². The number of hydrogen-bond acceptors (Lipinski definition) is 6. The summed E-state index contributed by atoms with van der Waals surface area (Å²) in [5.41, 5.74) is 2.51. The van der Waals surface area contributed by atoms with Crippen molar-refractivity contribution < 1.29 is 19.1 Å². The smallest absolute Gasteiger partial charge is 0.407 e. The van der Waals surface area contributed by atoms with Crippen LogP contribution >= 0.6 is 0 Å². The average Bonchev–Trinajstić information content (AvgIpc) is 3.66. The molecule has 10 heteroatoms. The molecule has 0 bridgehead atoms. The van der Waals surface area contributed by atoms with Gasteiger partial charge in [-0.05, 0) is 36.8 Å². The van der Waals surface area contributed by atoms with E-state index in [-0.39, 0.29) is 12.2 Å². The SMILES string of the molecule is O=C(NCCCc1ccccc1CCCNC(=O)OC1CCn2ccnc21)OC1CCn2ccnc21. The van der Waals surface area contributed by atoms with Crippen LogP contribution in [0.2, 0.25) is 0 Å². The van der Waals surface area contributed by atoms with E-state index in [1.165, 1.54) is 11.1 Å². The van der Waals surface area contributed by atoms with Crippen molar-refractivity contribution in [1.29, 1.82) is 0 Å². The highest BCUT2D eigenvalue weighted by molar-refractivity contribution is 5.67. The molecule has 2 aliphatic rings. The Morgan fingerprint density at radius 2 is 1.28 bits per heavy atom. The molecule has 10 nitrogen and oxygen atoms in total. The van der Waals surface area contributed by atoms with Crippen LogP contribution in [-0.2, 0) is 35.4 Å². The van der Waals surface area contributed by atoms with Crippen LogP contribution in [-0.4, -0.2) is 44.4 Å². The molecule has 0 spiro atoms. The number of imidazole rings is 2. The third kappa shape index (κ3) is 5.69. The molecule has 1 aromatic carbocycles. The molecule has 2 amide bonds. The molecular weight excluding hydrogens is 460 g/mol. The lowest BCUT2D eigenvalue weighted by Gasteiger charge is -2.13.